The number of halogens is 1. The maximum Gasteiger partial charge on any atom is 0.0353 e. The Balaban J connectivity index is 1.98. The first kappa shape index (κ1) is 12.4. The van der Waals surface area contributed by atoms with Crippen LogP contribution in [0.3, 0.4) is 0 Å². The lowest BCUT2D eigenvalue weighted by molar-refractivity contribution is 0.624. The number of anilines is 1. The van der Waals surface area contributed by atoms with Crippen molar-refractivity contribution in [3.8, 4) is 0 Å². The summed E-state index contributed by atoms with van der Waals surface area (Å²) in [5.74, 6) is 1.70. The van der Waals surface area contributed by atoms with Gasteiger partial charge in [-0.15, -0.1) is 0 Å². The molecule has 1 aliphatic rings. The fraction of sp³-hybridized carbons (Fsp3) is 0.500. The Hall–Kier alpha value is -0.100. The van der Waals surface area contributed by atoms with Gasteiger partial charge in [-0.1, -0.05) is 6.07 Å². The zero-order valence-electron chi connectivity index (χ0n) is 9.33. The van der Waals surface area contributed by atoms with Gasteiger partial charge in [-0.25, -0.2) is 0 Å². The van der Waals surface area contributed by atoms with E-state index in [1.165, 1.54) is 14.8 Å². The van der Waals surface area contributed by atoms with E-state index in [1.807, 2.05) is 0 Å². The topological polar surface area (TPSA) is 29.1 Å². The number of rotatable bonds is 2. The van der Waals surface area contributed by atoms with Crippen LogP contribution < -0.4 is 5.32 Å². The molecule has 1 aromatic carbocycles. The quantitative estimate of drug-likeness (QED) is 0.832. The standard InChI is InChI=1S/C12H16INOS/c1-9-2-3-11(8-12(9)13)14-10-4-6-16(15)7-5-10/h2-3,8,10,14H,4-7H2,1H3. The summed E-state index contributed by atoms with van der Waals surface area (Å²) in [6, 6.07) is 6.95. The molecule has 0 saturated carbocycles. The molecule has 0 aliphatic carbocycles. The minimum Gasteiger partial charge on any atom is -0.382 e. The summed E-state index contributed by atoms with van der Waals surface area (Å²) in [5.41, 5.74) is 2.50. The smallest absolute Gasteiger partial charge is 0.0353 e. The summed E-state index contributed by atoms with van der Waals surface area (Å²) in [7, 11) is -0.568. The van der Waals surface area contributed by atoms with Gasteiger partial charge in [0.1, 0.15) is 0 Å². The van der Waals surface area contributed by atoms with Crippen molar-refractivity contribution in [3.05, 3.63) is 27.3 Å². The van der Waals surface area contributed by atoms with Crippen molar-refractivity contribution in [2.24, 2.45) is 0 Å². The molecule has 4 heteroatoms. The average molecular weight is 349 g/mol. The van der Waals surface area contributed by atoms with Gasteiger partial charge < -0.3 is 5.32 Å². The molecule has 1 aliphatic heterocycles. The zero-order chi connectivity index (χ0) is 11.5. The highest BCUT2D eigenvalue weighted by molar-refractivity contribution is 14.1. The second-order valence-corrected chi connectivity index (χ2v) is 7.09. The molecule has 0 amide bonds. The van der Waals surface area contributed by atoms with E-state index in [2.05, 4.69) is 53.0 Å². The molecule has 1 N–H and O–H groups in total. The summed E-state index contributed by atoms with van der Waals surface area (Å²) in [6.45, 7) is 2.12. The molecule has 1 aromatic rings. The van der Waals surface area contributed by atoms with Crippen molar-refractivity contribution in [2.75, 3.05) is 16.8 Å². The van der Waals surface area contributed by atoms with Crippen molar-refractivity contribution in [1.29, 1.82) is 0 Å². The number of aryl methyl sites for hydroxylation is 1. The molecule has 0 aromatic heterocycles. The van der Waals surface area contributed by atoms with Crippen LogP contribution in [-0.4, -0.2) is 21.8 Å². The van der Waals surface area contributed by atoms with E-state index >= 15 is 0 Å². The van der Waals surface area contributed by atoms with E-state index in [-0.39, 0.29) is 0 Å². The van der Waals surface area contributed by atoms with Gasteiger partial charge in [0.15, 0.2) is 0 Å². The molecule has 16 heavy (non-hydrogen) atoms. The Labute approximate surface area is 113 Å². The zero-order valence-corrected chi connectivity index (χ0v) is 12.3. The van der Waals surface area contributed by atoms with E-state index < -0.39 is 10.8 Å². The Kier molecular flexibility index (Phi) is 4.24. The van der Waals surface area contributed by atoms with Crippen LogP contribution in [0.2, 0.25) is 0 Å². The van der Waals surface area contributed by atoms with Crippen molar-refractivity contribution in [1.82, 2.24) is 0 Å². The largest absolute Gasteiger partial charge is 0.382 e. The Bertz CT molecular complexity index is 398. The van der Waals surface area contributed by atoms with Gasteiger partial charge in [-0.05, 0) is 60.1 Å². The third-order valence-corrected chi connectivity index (χ3v) is 5.47. The van der Waals surface area contributed by atoms with Gasteiger partial charge >= 0.3 is 0 Å². The molecule has 0 atom stereocenters. The highest BCUT2D eigenvalue weighted by atomic mass is 127. The van der Waals surface area contributed by atoms with Gasteiger partial charge in [0, 0.05) is 37.6 Å². The third-order valence-electron chi connectivity index (χ3n) is 2.93. The third kappa shape index (κ3) is 3.20. The molecular weight excluding hydrogens is 333 g/mol. The molecule has 0 radical (unpaired) electrons. The van der Waals surface area contributed by atoms with Crippen molar-refractivity contribution >= 4 is 39.1 Å². The van der Waals surface area contributed by atoms with Crippen LogP contribution >= 0.6 is 22.6 Å². The number of benzene rings is 1. The van der Waals surface area contributed by atoms with Crippen LogP contribution in [0, 0.1) is 10.5 Å². The van der Waals surface area contributed by atoms with Gasteiger partial charge in [0.05, 0.1) is 0 Å². The molecule has 1 saturated heterocycles. The molecule has 2 nitrogen and oxygen atoms in total. The molecule has 0 bridgehead atoms. The maximum absolute atomic E-state index is 11.2. The molecule has 0 spiro atoms. The molecule has 1 heterocycles. The first-order valence-corrected chi connectivity index (χ1v) is 8.09. The predicted octanol–water partition coefficient (Wildman–Crippen LogP) is 2.92. The molecule has 1 fully saturated rings. The summed E-state index contributed by atoms with van der Waals surface area (Å²) in [5, 5.41) is 3.53. The summed E-state index contributed by atoms with van der Waals surface area (Å²) >= 11 is 2.36. The van der Waals surface area contributed by atoms with Gasteiger partial charge in [-0.2, -0.15) is 0 Å². The molecule has 88 valence electrons. The fourth-order valence-corrected chi connectivity index (χ4v) is 3.67. The van der Waals surface area contributed by atoms with E-state index in [4.69, 9.17) is 0 Å². The normalized spacial score (nSPS) is 25.4. The molecular formula is C12H16INOS. The Morgan fingerprint density at radius 3 is 2.69 bits per heavy atom. The van der Waals surface area contributed by atoms with Crippen LogP contribution in [0.25, 0.3) is 0 Å². The highest BCUT2D eigenvalue weighted by Gasteiger charge is 2.17. The monoisotopic (exact) mass is 349 g/mol. The fourth-order valence-electron chi connectivity index (χ4n) is 1.86. The molecule has 2 rings (SSSR count). The SMILES string of the molecule is Cc1ccc(NC2CCS(=O)CC2)cc1I. The van der Waals surface area contributed by atoms with Crippen LogP contribution in [0.15, 0.2) is 18.2 Å². The second-order valence-electron chi connectivity index (χ2n) is 4.23. The van der Waals surface area contributed by atoms with E-state index in [9.17, 15) is 4.21 Å². The lowest BCUT2D eigenvalue weighted by atomic mass is 10.1. The van der Waals surface area contributed by atoms with Gasteiger partial charge in [-0.3, -0.25) is 4.21 Å². The summed E-state index contributed by atoms with van der Waals surface area (Å²) < 4.78 is 12.5. The summed E-state index contributed by atoms with van der Waals surface area (Å²) in [4.78, 5) is 0. The number of hydrogen-bond donors (Lipinski definition) is 1. The minimum atomic E-state index is -0.568. The Morgan fingerprint density at radius 1 is 1.38 bits per heavy atom. The van der Waals surface area contributed by atoms with Crippen LogP contribution in [0.4, 0.5) is 5.69 Å². The van der Waals surface area contributed by atoms with Crippen LogP contribution in [0.5, 0.6) is 0 Å². The predicted molar refractivity (Wildman–Crippen MR) is 78.4 cm³/mol. The van der Waals surface area contributed by atoms with Crippen LogP contribution in [-0.2, 0) is 10.8 Å². The maximum atomic E-state index is 11.2. The van der Waals surface area contributed by atoms with Crippen molar-refractivity contribution in [3.63, 3.8) is 0 Å². The van der Waals surface area contributed by atoms with Gasteiger partial charge in [0.2, 0.25) is 0 Å². The van der Waals surface area contributed by atoms with E-state index in [0.29, 0.717) is 6.04 Å². The van der Waals surface area contributed by atoms with Gasteiger partial charge in [0.25, 0.3) is 0 Å². The van der Waals surface area contributed by atoms with E-state index in [1.54, 1.807) is 0 Å². The summed E-state index contributed by atoms with van der Waals surface area (Å²) in [6.07, 6.45) is 2.05. The number of hydrogen-bond acceptors (Lipinski definition) is 2. The highest BCUT2D eigenvalue weighted by Crippen LogP contribution is 2.20. The first-order chi connectivity index (χ1) is 7.65. The first-order valence-electron chi connectivity index (χ1n) is 5.53. The lowest BCUT2D eigenvalue weighted by Gasteiger charge is -2.23. The Morgan fingerprint density at radius 2 is 2.06 bits per heavy atom. The second kappa shape index (κ2) is 5.49. The van der Waals surface area contributed by atoms with Crippen LogP contribution in [0.1, 0.15) is 18.4 Å². The van der Waals surface area contributed by atoms with Crippen molar-refractivity contribution in [2.45, 2.75) is 25.8 Å². The molecule has 0 unspecified atom stereocenters. The average Bonchev–Trinajstić information content (AvgIpc) is 2.27. The lowest BCUT2D eigenvalue weighted by Crippen LogP contribution is -2.29. The van der Waals surface area contributed by atoms with E-state index in [0.717, 1.165) is 24.3 Å². The minimum absolute atomic E-state index is 0.496. The van der Waals surface area contributed by atoms with Crippen molar-refractivity contribution < 1.29 is 4.21 Å². The number of nitrogens with one attached hydrogen (secondary N) is 1.